The van der Waals surface area contributed by atoms with E-state index in [1.807, 2.05) is 0 Å². The lowest BCUT2D eigenvalue weighted by Crippen LogP contribution is -2.04. The van der Waals surface area contributed by atoms with Gasteiger partial charge in [-0.1, -0.05) is 0 Å². The Balaban J connectivity index is 3.46. The first kappa shape index (κ1) is 7.84. The number of nitrogen functional groups attached to an aromatic ring is 1. The third-order valence-corrected chi connectivity index (χ3v) is 1.28. The number of halogens is 3. The normalized spacial score (nSPS) is 10.2. The molecule has 60 valence electrons. The second kappa shape index (κ2) is 2.41. The van der Waals surface area contributed by atoms with Crippen LogP contribution < -0.4 is 5.73 Å². The van der Waals surface area contributed by atoms with Gasteiger partial charge in [-0.05, 0) is 6.92 Å². The van der Waals surface area contributed by atoms with Crippen LogP contribution in [0, 0.1) is 24.5 Å². The first-order valence-corrected chi connectivity index (χ1v) is 2.80. The molecule has 1 heterocycles. The van der Waals surface area contributed by atoms with Crippen LogP contribution in [0.25, 0.3) is 0 Å². The van der Waals surface area contributed by atoms with Crippen molar-refractivity contribution in [2.45, 2.75) is 6.92 Å². The lowest BCUT2D eigenvalue weighted by atomic mass is 10.2. The molecule has 0 spiro atoms. The molecule has 0 aromatic carbocycles. The number of aromatic nitrogens is 1. The maximum Gasteiger partial charge on any atom is 0.251 e. The van der Waals surface area contributed by atoms with Crippen LogP contribution >= 0.6 is 0 Å². The molecule has 0 aliphatic carbocycles. The molecule has 5 heteroatoms. The second-order valence-electron chi connectivity index (χ2n) is 2.04. The average Bonchev–Trinajstić information content (AvgIpc) is 1.97. The van der Waals surface area contributed by atoms with Gasteiger partial charge in [0, 0.05) is 5.56 Å². The molecule has 0 saturated carbocycles. The van der Waals surface area contributed by atoms with Gasteiger partial charge in [-0.2, -0.15) is 9.37 Å². The van der Waals surface area contributed by atoms with Gasteiger partial charge in [-0.3, -0.25) is 0 Å². The summed E-state index contributed by atoms with van der Waals surface area (Å²) in [4.78, 5) is 2.79. The summed E-state index contributed by atoms with van der Waals surface area (Å²) < 4.78 is 37.3. The predicted octanol–water partition coefficient (Wildman–Crippen LogP) is 1.39. The lowest BCUT2D eigenvalue weighted by Gasteiger charge is -2.00. The number of hydrogen-bond donors (Lipinski definition) is 1. The Labute approximate surface area is 60.9 Å². The van der Waals surface area contributed by atoms with E-state index < -0.39 is 29.0 Å². The van der Waals surface area contributed by atoms with Crippen LogP contribution in [0.2, 0.25) is 0 Å². The summed E-state index contributed by atoms with van der Waals surface area (Å²) in [5, 5.41) is 0. The van der Waals surface area contributed by atoms with E-state index in [4.69, 9.17) is 5.73 Å². The summed E-state index contributed by atoms with van der Waals surface area (Å²) in [5.74, 6) is -4.30. The highest BCUT2D eigenvalue weighted by Crippen LogP contribution is 2.16. The van der Waals surface area contributed by atoms with Crippen molar-refractivity contribution >= 4 is 5.82 Å². The minimum atomic E-state index is -1.37. The maximum atomic E-state index is 12.6. The van der Waals surface area contributed by atoms with E-state index in [-0.39, 0.29) is 0 Å². The van der Waals surface area contributed by atoms with Crippen LogP contribution in [0.3, 0.4) is 0 Å². The molecule has 0 fully saturated rings. The highest BCUT2D eigenvalue weighted by Gasteiger charge is 2.14. The molecule has 0 bridgehead atoms. The van der Waals surface area contributed by atoms with E-state index >= 15 is 0 Å². The zero-order valence-corrected chi connectivity index (χ0v) is 5.66. The van der Waals surface area contributed by atoms with Gasteiger partial charge < -0.3 is 5.73 Å². The number of hydrogen-bond acceptors (Lipinski definition) is 2. The lowest BCUT2D eigenvalue weighted by molar-refractivity contribution is 0.459. The summed E-state index contributed by atoms with van der Waals surface area (Å²) >= 11 is 0. The summed E-state index contributed by atoms with van der Waals surface area (Å²) in [6, 6.07) is 0. The van der Waals surface area contributed by atoms with Crippen molar-refractivity contribution in [3.63, 3.8) is 0 Å². The Hall–Kier alpha value is -1.26. The summed E-state index contributed by atoms with van der Waals surface area (Å²) in [6.45, 7) is 1.09. The van der Waals surface area contributed by atoms with Crippen molar-refractivity contribution in [1.82, 2.24) is 4.98 Å². The van der Waals surface area contributed by atoms with E-state index in [0.717, 1.165) is 6.92 Å². The smallest absolute Gasteiger partial charge is 0.251 e. The Bertz CT molecular complexity index is 272. The minimum absolute atomic E-state index is 0.449. The van der Waals surface area contributed by atoms with Crippen LogP contribution in [-0.4, -0.2) is 4.98 Å². The summed E-state index contributed by atoms with van der Waals surface area (Å²) in [7, 11) is 0. The molecular formula is C6H5F3N2. The Morgan fingerprint density at radius 3 is 2.27 bits per heavy atom. The summed E-state index contributed by atoms with van der Waals surface area (Å²) in [6.07, 6.45) is 0. The molecule has 0 aliphatic rings. The second-order valence-corrected chi connectivity index (χ2v) is 2.04. The van der Waals surface area contributed by atoms with Crippen LogP contribution in [-0.2, 0) is 0 Å². The number of nitrogens with zero attached hydrogens (tertiary/aromatic N) is 1. The number of nitrogens with two attached hydrogens (primary N) is 1. The fourth-order valence-electron chi connectivity index (χ4n) is 0.647. The van der Waals surface area contributed by atoms with Gasteiger partial charge in [-0.25, -0.2) is 8.78 Å². The summed E-state index contributed by atoms with van der Waals surface area (Å²) in [5.41, 5.74) is 4.45. The molecule has 1 aromatic rings. The molecular weight excluding hydrogens is 157 g/mol. The minimum Gasteiger partial charge on any atom is -0.381 e. The monoisotopic (exact) mass is 162 g/mol. The first-order chi connectivity index (χ1) is 5.04. The molecule has 11 heavy (non-hydrogen) atoms. The van der Waals surface area contributed by atoms with Gasteiger partial charge in [0.2, 0.25) is 0 Å². The van der Waals surface area contributed by atoms with E-state index in [1.165, 1.54) is 0 Å². The van der Waals surface area contributed by atoms with Crippen molar-refractivity contribution in [2.75, 3.05) is 5.73 Å². The fraction of sp³-hybridized carbons (Fsp3) is 0.167. The SMILES string of the molecule is Cc1c(F)c(N)nc(F)c1F. The van der Waals surface area contributed by atoms with Gasteiger partial charge in [-0.15, -0.1) is 0 Å². The Kier molecular flexibility index (Phi) is 1.72. The van der Waals surface area contributed by atoms with Crippen molar-refractivity contribution in [2.24, 2.45) is 0 Å². The molecule has 0 atom stereocenters. The molecule has 2 N–H and O–H groups in total. The third kappa shape index (κ3) is 1.13. The topological polar surface area (TPSA) is 38.9 Å². The van der Waals surface area contributed by atoms with Gasteiger partial charge in [0.05, 0.1) is 0 Å². The Morgan fingerprint density at radius 1 is 1.18 bits per heavy atom. The van der Waals surface area contributed by atoms with Crippen LogP contribution in [0.1, 0.15) is 5.56 Å². The number of anilines is 1. The van der Waals surface area contributed by atoms with E-state index in [2.05, 4.69) is 4.98 Å². The molecule has 0 aliphatic heterocycles. The van der Waals surface area contributed by atoms with Crippen LogP contribution in [0.5, 0.6) is 0 Å². The van der Waals surface area contributed by atoms with Crippen molar-refractivity contribution in [1.29, 1.82) is 0 Å². The molecule has 0 radical (unpaired) electrons. The number of rotatable bonds is 0. The molecule has 0 saturated heterocycles. The standard InChI is InChI=1S/C6H5F3N2/c1-2-3(7)5(9)11-6(10)4(2)8/h1H3,(H2,10,11). The van der Waals surface area contributed by atoms with Gasteiger partial charge in [0.25, 0.3) is 5.95 Å². The predicted molar refractivity (Wildman–Crippen MR) is 33.3 cm³/mol. The molecule has 0 unspecified atom stereocenters. The molecule has 1 rings (SSSR count). The number of pyridine rings is 1. The van der Waals surface area contributed by atoms with Crippen LogP contribution in [0.15, 0.2) is 0 Å². The van der Waals surface area contributed by atoms with Crippen molar-refractivity contribution < 1.29 is 13.2 Å². The quantitative estimate of drug-likeness (QED) is 0.585. The highest BCUT2D eigenvalue weighted by atomic mass is 19.2. The highest BCUT2D eigenvalue weighted by molar-refractivity contribution is 5.35. The van der Waals surface area contributed by atoms with Crippen LogP contribution in [0.4, 0.5) is 19.0 Å². The van der Waals surface area contributed by atoms with E-state index in [9.17, 15) is 13.2 Å². The third-order valence-electron chi connectivity index (χ3n) is 1.28. The van der Waals surface area contributed by atoms with Gasteiger partial charge >= 0.3 is 0 Å². The van der Waals surface area contributed by atoms with E-state index in [0.29, 0.717) is 0 Å². The zero-order chi connectivity index (χ0) is 8.59. The largest absolute Gasteiger partial charge is 0.381 e. The van der Waals surface area contributed by atoms with Crippen molar-refractivity contribution in [3.8, 4) is 0 Å². The average molecular weight is 162 g/mol. The molecule has 1 aromatic heterocycles. The maximum absolute atomic E-state index is 12.6. The van der Waals surface area contributed by atoms with Gasteiger partial charge in [0.1, 0.15) is 0 Å². The zero-order valence-electron chi connectivity index (χ0n) is 5.66. The Morgan fingerprint density at radius 2 is 1.73 bits per heavy atom. The molecule has 2 nitrogen and oxygen atoms in total. The van der Waals surface area contributed by atoms with Gasteiger partial charge in [0.15, 0.2) is 17.5 Å². The molecule has 0 amide bonds. The fourth-order valence-corrected chi connectivity index (χ4v) is 0.647. The van der Waals surface area contributed by atoms with Crippen molar-refractivity contribution in [3.05, 3.63) is 23.1 Å². The first-order valence-electron chi connectivity index (χ1n) is 2.80. The van der Waals surface area contributed by atoms with E-state index in [1.54, 1.807) is 0 Å².